The van der Waals surface area contributed by atoms with Crippen LogP contribution in [0, 0.1) is 13.8 Å². The minimum absolute atomic E-state index is 0.221. The summed E-state index contributed by atoms with van der Waals surface area (Å²) in [6.07, 6.45) is -1.00. The van der Waals surface area contributed by atoms with E-state index in [1.54, 1.807) is 30.1 Å². The molecule has 0 aliphatic carbocycles. The van der Waals surface area contributed by atoms with Gasteiger partial charge < -0.3 is 5.32 Å². The molecule has 3 heterocycles. The lowest BCUT2D eigenvalue weighted by Crippen LogP contribution is -2.22. The number of benzene rings is 1. The zero-order chi connectivity index (χ0) is 23.6. The number of rotatable bonds is 6. The highest BCUT2D eigenvalue weighted by atomic mass is 32.1. The Kier molecular flexibility index (Phi) is 6.28. The van der Waals surface area contributed by atoms with Crippen molar-refractivity contribution in [1.82, 2.24) is 25.1 Å². The van der Waals surface area contributed by atoms with Crippen molar-refractivity contribution in [3.05, 3.63) is 87.8 Å². The Bertz CT molecular complexity index is 1260. The molecule has 0 atom stereocenters. The summed E-state index contributed by atoms with van der Waals surface area (Å²) < 4.78 is 40.0. The molecule has 0 spiro atoms. The van der Waals surface area contributed by atoms with Gasteiger partial charge in [-0.3, -0.25) is 14.5 Å². The number of hydrogen-bond acceptors (Lipinski definition) is 5. The van der Waals surface area contributed by atoms with Gasteiger partial charge in [0, 0.05) is 24.6 Å². The fourth-order valence-electron chi connectivity index (χ4n) is 3.23. The number of carbonyl (C=O) groups excluding carboxylic acids is 1. The van der Waals surface area contributed by atoms with Crippen molar-refractivity contribution in [2.75, 3.05) is 0 Å². The molecule has 1 N–H and O–H groups in total. The van der Waals surface area contributed by atoms with Crippen LogP contribution in [0.1, 0.15) is 37.7 Å². The standard InChI is InChI=1S/C23H20F3N5OS/c1-14-10-19(30-31(14)13-16-5-7-18(8-6-16)23(24,25)26)22-29-15(2)20(33-22)21(32)28-12-17-4-3-9-27-11-17/h3-11H,12-13H2,1-2H3,(H,28,32). The lowest BCUT2D eigenvalue weighted by Gasteiger charge is -2.08. The van der Waals surface area contributed by atoms with Crippen molar-refractivity contribution >= 4 is 17.2 Å². The molecular weight excluding hydrogens is 451 g/mol. The second-order valence-corrected chi connectivity index (χ2v) is 8.50. The van der Waals surface area contributed by atoms with E-state index in [-0.39, 0.29) is 5.91 Å². The maximum atomic E-state index is 12.8. The monoisotopic (exact) mass is 471 g/mol. The number of aromatic nitrogens is 4. The molecule has 170 valence electrons. The molecule has 33 heavy (non-hydrogen) atoms. The van der Waals surface area contributed by atoms with Gasteiger partial charge in [0.05, 0.1) is 17.8 Å². The van der Waals surface area contributed by atoms with Gasteiger partial charge in [0.15, 0.2) is 0 Å². The number of pyridine rings is 1. The van der Waals surface area contributed by atoms with Crippen LogP contribution >= 0.6 is 11.3 Å². The molecule has 10 heteroatoms. The quantitative estimate of drug-likeness (QED) is 0.429. The molecule has 4 aromatic rings. The summed E-state index contributed by atoms with van der Waals surface area (Å²) >= 11 is 1.25. The minimum Gasteiger partial charge on any atom is -0.347 e. The summed E-state index contributed by atoms with van der Waals surface area (Å²) in [6.45, 7) is 4.32. The van der Waals surface area contributed by atoms with E-state index >= 15 is 0 Å². The third-order valence-corrected chi connectivity index (χ3v) is 6.17. The van der Waals surface area contributed by atoms with E-state index in [1.165, 1.54) is 23.5 Å². The molecule has 0 aliphatic heterocycles. The second kappa shape index (κ2) is 9.14. The predicted octanol–water partition coefficient (Wildman–Crippen LogP) is 5.02. The summed E-state index contributed by atoms with van der Waals surface area (Å²) in [7, 11) is 0. The van der Waals surface area contributed by atoms with Crippen LogP contribution in [0.2, 0.25) is 0 Å². The summed E-state index contributed by atoms with van der Waals surface area (Å²) in [5, 5.41) is 8.03. The van der Waals surface area contributed by atoms with Gasteiger partial charge in [-0.2, -0.15) is 18.3 Å². The van der Waals surface area contributed by atoms with E-state index in [4.69, 9.17) is 0 Å². The number of thiazole rings is 1. The smallest absolute Gasteiger partial charge is 0.347 e. The molecule has 0 saturated heterocycles. The molecule has 0 bridgehead atoms. The number of aryl methyl sites for hydroxylation is 2. The normalized spacial score (nSPS) is 11.5. The van der Waals surface area contributed by atoms with Crippen molar-refractivity contribution in [2.45, 2.75) is 33.1 Å². The average molecular weight is 472 g/mol. The molecule has 6 nitrogen and oxygen atoms in total. The van der Waals surface area contributed by atoms with Crippen LogP contribution in [-0.2, 0) is 19.3 Å². The number of halogens is 3. The SMILES string of the molecule is Cc1nc(-c2cc(C)n(Cc3ccc(C(F)(F)F)cc3)n2)sc1C(=O)NCc1cccnc1. The molecule has 0 unspecified atom stereocenters. The third-order valence-electron chi connectivity index (χ3n) is 4.99. The molecule has 0 fully saturated rings. The zero-order valence-electron chi connectivity index (χ0n) is 17.8. The van der Waals surface area contributed by atoms with Crippen LogP contribution in [0.25, 0.3) is 10.7 Å². The number of nitrogens with zero attached hydrogens (tertiary/aromatic N) is 4. The first-order chi connectivity index (χ1) is 15.7. The number of nitrogens with one attached hydrogen (secondary N) is 1. The lowest BCUT2D eigenvalue weighted by atomic mass is 10.1. The molecular formula is C23H20F3N5OS. The fraction of sp³-hybridized carbons (Fsp3) is 0.217. The van der Waals surface area contributed by atoms with Gasteiger partial charge in [-0.05, 0) is 49.2 Å². The predicted molar refractivity (Wildman–Crippen MR) is 119 cm³/mol. The van der Waals surface area contributed by atoms with E-state index in [9.17, 15) is 18.0 Å². The molecule has 3 aromatic heterocycles. The Morgan fingerprint density at radius 2 is 1.88 bits per heavy atom. The van der Waals surface area contributed by atoms with Crippen LogP contribution in [0.5, 0.6) is 0 Å². The van der Waals surface area contributed by atoms with Gasteiger partial charge in [-0.1, -0.05) is 18.2 Å². The van der Waals surface area contributed by atoms with E-state index in [0.717, 1.165) is 23.4 Å². The maximum absolute atomic E-state index is 12.8. The van der Waals surface area contributed by atoms with Gasteiger partial charge in [0.1, 0.15) is 15.6 Å². The first-order valence-corrected chi connectivity index (χ1v) is 10.9. The second-order valence-electron chi connectivity index (χ2n) is 7.50. The number of hydrogen-bond donors (Lipinski definition) is 1. The Morgan fingerprint density at radius 3 is 2.55 bits per heavy atom. The van der Waals surface area contributed by atoms with Gasteiger partial charge in [-0.15, -0.1) is 11.3 Å². The number of amides is 1. The summed E-state index contributed by atoms with van der Waals surface area (Å²) in [4.78, 5) is 21.7. The van der Waals surface area contributed by atoms with Gasteiger partial charge in [0.2, 0.25) is 0 Å². The summed E-state index contributed by atoms with van der Waals surface area (Å²) in [5.74, 6) is -0.221. The summed E-state index contributed by atoms with van der Waals surface area (Å²) in [6, 6.07) is 10.6. The largest absolute Gasteiger partial charge is 0.416 e. The average Bonchev–Trinajstić information content (AvgIpc) is 3.35. The van der Waals surface area contributed by atoms with Crippen molar-refractivity contribution in [1.29, 1.82) is 0 Å². The van der Waals surface area contributed by atoms with Crippen molar-refractivity contribution < 1.29 is 18.0 Å². The highest BCUT2D eigenvalue weighted by Crippen LogP contribution is 2.30. The van der Waals surface area contributed by atoms with Gasteiger partial charge >= 0.3 is 6.18 Å². The highest BCUT2D eigenvalue weighted by Gasteiger charge is 2.30. The molecule has 1 amide bonds. The molecule has 4 rings (SSSR count). The fourth-order valence-corrected chi connectivity index (χ4v) is 4.17. The minimum atomic E-state index is -4.36. The lowest BCUT2D eigenvalue weighted by molar-refractivity contribution is -0.137. The van der Waals surface area contributed by atoms with Crippen LogP contribution in [-0.4, -0.2) is 25.7 Å². The topological polar surface area (TPSA) is 72.7 Å². The first kappa shape index (κ1) is 22.7. The molecule has 0 saturated carbocycles. The summed E-state index contributed by atoms with van der Waals surface area (Å²) in [5.41, 5.74) is 2.96. The Balaban J connectivity index is 1.48. The van der Waals surface area contributed by atoms with E-state index in [0.29, 0.717) is 39.9 Å². The van der Waals surface area contributed by atoms with Crippen LogP contribution in [0.15, 0.2) is 54.9 Å². The molecule has 1 aromatic carbocycles. The third kappa shape index (κ3) is 5.28. The Labute approximate surface area is 192 Å². The number of carbonyl (C=O) groups is 1. The van der Waals surface area contributed by atoms with Crippen LogP contribution in [0.3, 0.4) is 0 Å². The van der Waals surface area contributed by atoms with E-state index < -0.39 is 11.7 Å². The Morgan fingerprint density at radius 1 is 1.12 bits per heavy atom. The van der Waals surface area contributed by atoms with E-state index in [1.807, 2.05) is 19.1 Å². The van der Waals surface area contributed by atoms with Crippen LogP contribution in [0.4, 0.5) is 13.2 Å². The van der Waals surface area contributed by atoms with Crippen molar-refractivity contribution in [3.63, 3.8) is 0 Å². The molecule has 0 radical (unpaired) electrons. The Hall–Kier alpha value is -3.53. The molecule has 0 aliphatic rings. The van der Waals surface area contributed by atoms with Crippen molar-refractivity contribution in [2.24, 2.45) is 0 Å². The van der Waals surface area contributed by atoms with Gasteiger partial charge in [0.25, 0.3) is 5.91 Å². The van der Waals surface area contributed by atoms with Crippen LogP contribution < -0.4 is 5.32 Å². The highest BCUT2D eigenvalue weighted by molar-refractivity contribution is 7.17. The van der Waals surface area contributed by atoms with E-state index in [2.05, 4.69) is 20.4 Å². The first-order valence-electron chi connectivity index (χ1n) is 10.1. The maximum Gasteiger partial charge on any atom is 0.416 e. The van der Waals surface area contributed by atoms with Crippen molar-refractivity contribution in [3.8, 4) is 10.7 Å². The zero-order valence-corrected chi connectivity index (χ0v) is 18.7. The number of alkyl halides is 3. The van der Waals surface area contributed by atoms with Gasteiger partial charge in [-0.25, -0.2) is 4.98 Å².